The zero-order valence-corrected chi connectivity index (χ0v) is 7.15. The van der Waals surface area contributed by atoms with E-state index in [1.807, 2.05) is 25.3 Å². The summed E-state index contributed by atoms with van der Waals surface area (Å²) in [5.74, 6) is 0.862. The van der Waals surface area contributed by atoms with Gasteiger partial charge in [-0.15, -0.1) is 0 Å². The van der Waals surface area contributed by atoms with Gasteiger partial charge in [-0.1, -0.05) is 0 Å². The molecule has 0 amide bonds. The third-order valence-corrected chi connectivity index (χ3v) is 1.83. The summed E-state index contributed by atoms with van der Waals surface area (Å²) < 4.78 is 0. The zero-order chi connectivity index (χ0) is 8.55. The van der Waals surface area contributed by atoms with Crippen LogP contribution in [0.2, 0.25) is 0 Å². The van der Waals surface area contributed by atoms with Gasteiger partial charge in [0.05, 0.1) is 12.9 Å². The predicted octanol–water partition coefficient (Wildman–Crippen LogP) is 0.143. The highest BCUT2D eigenvalue weighted by Crippen LogP contribution is 2.24. The normalized spacial score (nSPS) is 17.0. The standard InChI is InChI=1S/C7H11N5/c1-11-5-12(2)10-7-6(11)3-8-4-9-7/h3-4H,5H2,1-2H3,(H,8,9,10). The molecule has 5 heteroatoms. The second-order valence-corrected chi connectivity index (χ2v) is 2.91. The van der Waals surface area contributed by atoms with E-state index in [4.69, 9.17) is 0 Å². The molecule has 0 saturated heterocycles. The molecule has 2 rings (SSSR count). The number of rotatable bonds is 0. The fourth-order valence-corrected chi connectivity index (χ4v) is 1.30. The van der Waals surface area contributed by atoms with Crippen molar-refractivity contribution in [2.45, 2.75) is 0 Å². The third kappa shape index (κ3) is 1.08. The molecule has 1 aromatic rings. The van der Waals surface area contributed by atoms with Crippen LogP contribution in [-0.2, 0) is 0 Å². The number of fused-ring (bicyclic) bond motifs is 1. The van der Waals surface area contributed by atoms with Gasteiger partial charge in [0.2, 0.25) is 0 Å². The summed E-state index contributed by atoms with van der Waals surface area (Å²) in [7, 11) is 3.99. The van der Waals surface area contributed by atoms with Gasteiger partial charge in [0.15, 0.2) is 5.82 Å². The summed E-state index contributed by atoms with van der Waals surface area (Å²) in [4.78, 5) is 10.2. The quantitative estimate of drug-likeness (QED) is 0.592. The van der Waals surface area contributed by atoms with E-state index in [9.17, 15) is 0 Å². The molecule has 64 valence electrons. The van der Waals surface area contributed by atoms with Gasteiger partial charge in [0.25, 0.3) is 0 Å². The van der Waals surface area contributed by atoms with Crippen molar-refractivity contribution >= 4 is 11.5 Å². The van der Waals surface area contributed by atoms with E-state index in [1.54, 1.807) is 6.33 Å². The fourth-order valence-electron chi connectivity index (χ4n) is 1.30. The summed E-state index contributed by atoms with van der Waals surface area (Å²) >= 11 is 0. The number of hydrogen-bond donors (Lipinski definition) is 1. The lowest BCUT2D eigenvalue weighted by Crippen LogP contribution is -2.41. The molecule has 0 bridgehead atoms. The Morgan fingerprint density at radius 3 is 3.17 bits per heavy atom. The van der Waals surface area contributed by atoms with Gasteiger partial charge >= 0.3 is 0 Å². The molecule has 12 heavy (non-hydrogen) atoms. The minimum Gasteiger partial charge on any atom is -0.356 e. The van der Waals surface area contributed by atoms with Crippen LogP contribution in [0.1, 0.15) is 0 Å². The number of nitrogens with zero attached hydrogens (tertiary/aromatic N) is 4. The van der Waals surface area contributed by atoms with Gasteiger partial charge in [-0.05, 0) is 0 Å². The molecule has 0 aliphatic carbocycles. The molecule has 0 aromatic carbocycles. The molecule has 0 fully saturated rings. The van der Waals surface area contributed by atoms with Crippen molar-refractivity contribution in [2.24, 2.45) is 0 Å². The Hall–Kier alpha value is -1.36. The Morgan fingerprint density at radius 2 is 2.33 bits per heavy atom. The van der Waals surface area contributed by atoms with Crippen LogP contribution in [0.3, 0.4) is 0 Å². The van der Waals surface area contributed by atoms with Crippen LogP contribution in [0.15, 0.2) is 12.5 Å². The number of nitrogens with one attached hydrogen (secondary N) is 1. The molecule has 0 unspecified atom stereocenters. The largest absolute Gasteiger partial charge is 0.356 e. The van der Waals surface area contributed by atoms with Gasteiger partial charge in [0.1, 0.15) is 12.0 Å². The Labute approximate surface area is 71.0 Å². The number of anilines is 2. The highest BCUT2D eigenvalue weighted by Gasteiger charge is 2.16. The summed E-state index contributed by atoms with van der Waals surface area (Å²) in [5.41, 5.74) is 4.17. The average Bonchev–Trinajstić information content (AvgIpc) is 2.04. The lowest BCUT2D eigenvalue weighted by Gasteiger charge is -2.33. The van der Waals surface area contributed by atoms with Crippen molar-refractivity contribution in [3.05, 3.63) is 12.5 Å². The van der Waals surface area contributed by atoms with E-state index < -0.39 is 0 Å². The SMILES string of the molecule is CN1CN(C)c2cncnc2N1. The number of hydrogen-bond acceptors (Lipinski definition) is 5. The molecular formula is C7H11N5. The molecule has 1 aromatic heterocycles. The molecular weight excluding hydrogens is 154 g/mol. The van der Waals surface area contributed by atoms with E-state index in [0.717, 1.165) is 18.2 Å². The molecule has 0 radical (unpaired) electrons. The minimum absolute atomic E-state index is 0.834. The third-order valence-electron chi connectivity index (χ3n) is 1.83. The van der Waals surface area contributed by atoms with Crippen LogP contribution in [0, 0.1) is 0 Å². The second-order valence-electron chi connectivity index (χ2n) is 2.91. The summed E-state index contributed by atoms with van der Waals surface area (Å²) in [6.07, 6.45) is 3.35. The smallest absolute Gasteiger partial charge is 0.167 e. The van der Waals surface area contributed by atoms with E-state index >= 15 is 0 Å². The monoisotopic (exact) mass is 165 g/mol. The van der Waals surface area contributed by atoms with Crippen LogP contribution in [0.25, 0.3) is 0 Å². The average molecular weight is 165 g/mol. The lowest BCUT2D eigenvalue weighted by molar-refractivity contribution is 0.390. The van der Waals surface area contributed by atoms with Crippen molar-refractivity contribution in [3.8, 4) is 0 Å². The van der Waals surface area contributed by atoms with Crippen molar-refractivity contribution < 1.29 is 0 Å². The summed E-state index contributed by atoms with van der Waals surface area (Å²) in [6, 6.07) is 0. The first-order valence-electron chi connectivity index (χ1n) is 3.76. The van der Waals surface area contributed by atoms with Crippen LogP contribution < -0.4 is 10.3 Å². The van der Waals surface area contributed by atoms with Crippen molar-refractivity contribution in [2.75, 3.05) is 31.1 Å². The zero-order valence-electron chi connectivity index (χ0n) is 7.15. The van der Waals surface area contributed by atoms with Gasteiger partial charge in [-0.3, -0.25) is 5.43 Å². The lowest BCUT2D eigenvalue weighted by atomic mass is 10.4. The second kappa shape index (κ2) is 2.60. The fraction of sp³-hybridized carbons (Fsp3) is 0.429. The maximum absolute atomic E-state index is 4.11. The molecule has 0 atom stereocenters. The summed E-state index contributed by atoms with van der Waals surface area (Å²) in [5, 5.41) is 1.97. The number of hydrazine groups is 1. The molecule has 1 aliphatic heterocycles. The maximum Gasteiger partial charge on any atom is 0.167 e. The van der Waals surface area contributed by atoms with Crippen LogP contribution in [-0.4, -0.2) is 35.7 Å². The Balaban J connectivity index is 2.40. The highest BCUT2D eigenvalue weighted by atomic mass is 15.6. The van der Waals surface area contributed by atoms with E-state index in [0.29, 0.717) is 0 Å². The first-order chi connectivity index (χ1) is 5.77. The minimum atomic E-state index is 0.834. The molecule has 1 N–H and O–H groups in total. The van der Waals surface area contributed by atoms with Crippen molar-refractivity contribution in [3.63, 3.8) is 0 Å². The van der Waals surface area contributed by atoms with E-state index in [-0.39, 0.29) is 0 Å². The summed E-state index contributed by atoms with van der Waals surface area (Å²) in [6.45, 7) is 0.834. The topological polar surface area (TPSA) is 44.3 Å². The molecule has 0 spiro atoms. The van der Waals surface area contributed by atoms with Crippen LogP contribution in [0.5, 0.6) is 0 Å². The first-order valence-corrected chi connectivity index (χ1v) is 3.76. The van der Waals surface area contributed by atoms with Gasteiger partial charge < -0.3 is 4.90 Å². The van der Waals surface area contributed by atoms with E-state index in [1.165, 1.54) is 0 Å². The van der Waals surface area contributed by atoms with Crippen molar-refractivity contribution in [1.82, 2.24) is 15.0 Å². The Morgan fingerprint density at radius 1 is 1.50 bits per heavy atom. The molecule has 5 nitrogen and oxygen atoms in total. The van der Waals surface area contributed by atoms with Crippen molar-refractivity contribution in [1.29, 1.82) is 0 Å². The first kappa shape index (κ1) is 7.30. The molecule has 0 saturated carbocycles. The number of aromatic nitrogens is 2. The Kier molecular flexibility index (Phi) is 1.58. The molecule has 1 aliphatic rings. The van der Waals surface area contributed by atoms with E-state index in [2.05, 4.69) is 20.3 Å². The maximum atomic E-state index is 4.11. The highest BCUT2D eigenvalue weighted by molar-refractivity contribution is 5.65. The van der Waals surface area contributed by atoms with Crippen LogP contribution >= 0.6 is 0 Å². The molecule has 2 heterocycles. The van der Waals surface area contributed by atoms with Gasteiger partial charge in [0, 0.05) is 14.1 Å². The van der Waals surface area contributed by atoms with Crippen LogP contribution in [0.4, 0.5) is 11.5 Å². The Bertz CT molecular complexity index is 287. The van der Waals surface area contributed by atoms with Gasteiger partial charge in [-0.2, -0.15) is 0 Å². The predicted molar refractivity (Wildman–Crippen MR) is 46.7 cm³/mol. The van der Waals surface area contributed by atoms with Gasteiger partial charge in [-0.25, -0.2) is 15.0 Å².